The first kappa shape index (κ1) is 28.0. The van der Waals surface area contributed by atoms with E-state index in [0.717, 1.165) is 41.6 Å². The molecule has 8 nitrogen and oxygen atoms in total. The number of aliphatic carboxylic acids is 1. The first-order chi connectivity index (χ1) is 19.3. The number of pyridine rings is 1. The van der Waals surface area contributed by atoms with Gasteiger partial charge in [0, 0.05) is 37.3 Å². The van der Waals surface area contributed by atoms with Crippen LogP contribution in [0.25, 0.3) is 11.1 Å². The number of aromatic nitrogens is 1. The molecule has 1 aliphatic heterocycles. The van der Waals surface area contributed by atoms with Crippen LogP contribution in [-0.2, 0) is 26.0 Å². The molecule has 40 heavy (non-hydrogen) atoms. The lowest BCUT2D eigenvalue weighted by atomic mass is 9.85. The molecule has 0 bridgehead atoms. The molecule has 2 fully saturated rings. The molecule has 1 saturated heterocycles. The third kappa shape index (κ3) is 6.59. The maximum Gasteiger partial charge on any atom is 0.303 e. The van der Waals surface area contributed by atoms with Crippen LogP contribution in [-0.4, -0.2) is 47.9 Å². The van der Waals surface area contributed by atoms with Gasteiger partial charge in [0.2, 0.25) is 15.9 Å². The maximum atomic E-state index is 13.4. The number of benzene rings is 2. The summed E-state index contributed by atoms with van der Waals surface area (Å²) in [6.45, 7) is 0.760. The van der Waals surface area contributed by atoms with Gasteiger partial charge >= 0.3 is 5.97 Å². The zero-order valence-corrected chi connectivity index (χ0v) is 23.2. The number of hydrogen-bond acceptors (Lipinski definition) is 5. The lowest BCUT2D eigenvalue weighted by Crippen LogP contribution is -2.42. The quantitative estimate of drug-likeness (QED) is 0.381. The summed E-state index contributed by atoms with van der Waals surface area (Å²) in [4.78, 5) is 30.6. The highest BCUT2D eigenvalue weighted by molar-refractivity contribution is 7.89. The van der Waals surface area contributed by atoms with E-state index in [1.165, 1.54) is 0 Å². The Labute approximate surface area is 235 Å². The fourth-order valence-corrected chi connectivity index (χ4v) is 7.18. The summed E-state index contributed by atoms with van der Waals surface area (Å²) < 4.78 is 29.1. The van der Waals surface area contributed by atoms with Crippen LogP contribution in [0.2, 0.25) is 0 Å². The lowest BCUT2D eigenvalue weighted by molar-refractivity contribution is -0.138. The molecule has 9 heteroatoms. The highest BCUT2D eigenvalue weighted by atomic mass is 32.2. The standard InChI is InChI=1S/C31H35N3O5S/c35-30(36)18-7-22-5-8-23(9-6-22)24-12-16-28(17-13-24)40(38,39)33-27-14-10-25(11-15-27)31(37)34-20-2-4-29(34)26-3-1-19-32-21-26/h1,3,5-6,8-9,12-13,16-17,19,21,25,27,29,33H,2,4,7,10-11,14-15,18,20H2,(H,35,36). The van der Waals surface area contributed by atoms with Crippen LogP contribution in [0.15, 0.2) is 78.0 Å². The fourth-order valence-electron chi connectivity index (χ4n) is 5.87. The van der Waals surface area contributed by atoms with Gasteiger partial charge in [-0.3, -0.25) is 14.6 Å². The van der Waals surface area contributed by atoms with Gasteiger partial charge in [-0.25, -0.2) is 13.1 Å². The van der Waals surface area contributed by atoms with Gasteiger partial charge in [-0.2, -0.15) is 0 Å². The normalized spacial score (nSPS) is 21.3. The largest absolute Gasteiger partial charge is 0.481 e. The van der Waals surface area contributed by atoms with Crippen LogP contribution in [0, 0.1) is 5.92 Å². The summed E-state index contributed by atoms with van der Waals surface area (Å²) in [6.07, 6.45) is 8.68. The Kier molecular flexibility index (Phi) is 8.61. The van der Waals surface area contributed by atoms with Crippen molar-refractivity contribution in [2.75, 3.05) is 6.54 Å². The smallest absolute Gasteiger partial charge is 0.303 e. The van der Waals surface area contributed by atoms with E-state index in [9.17, 15) is 18.0 Å². The number of carboxylic acids is 1. The van der Waals surface area contributed by atoms with Crippen LogP contribution >= 0.6 is 0 Å². The molecular weight excluding hydrogens is 526 g/mol. The summed E-state index contributed by atoms with van der Waals surface area (Å²) in [5.41, 5.74) is 3.84. The van der Waals surface area contributed by atoms with E-state index < -0.39 is 16.0 Å². The number of nitrogens with zero attached hydrogens (tertiary/aromatic N) is 2. The second-order valence-corrected chi connectivity index (χ2v) is 12.5. The minimum Gasteiger partial charge on any atom is -0.481 e. The molecule has 1 unspecified atom stereocenters. The van der Waals surface area contributed by atoms with Crippen molar-refractivity contribution in [3.63, 3.8) is 0 Å². The highest BCUT2D eigenvalue weighted by Crippen LogP contribution is 2.36. The average Bonchev–Trinajstić information content (AvgIpc) is 3.47. The minimum absolute atomic E-state index is 0.0761. The fraction of sp³-hybridized carbons (Fsp3) is 0.387. The van der Waals surface area contributed by atoms with E-state index in [-0.39, 0.29) is 35.2 Å². The maximum absolute atomic E-state index is 13.4. The monoisotopic (exact) mass is 561 g/mol. The third-order valence-corrected chi connectivity index (χ3v) is 9.62. The van der Waals surface area contributed by atoms with Gasteiger partial charge in [0.1, 0.15) is 0 Å². The molecule has 3 aromatic rings. The van der Waals surface area contributed by atoms with E-state index in [1.807, 2.05) is 47.5 Å². The number of aryl methyl sites for hydroxylation is 1. The highest BCUT2D eigenvalue weighted by Gasteiger charge is 2.36. The Morgan fingerprint density at radius 1 is 0.925 bits per heavy atom. The minimum atomic E-state index is -3.69. The second kappa shape index (κ2) is 12.3. The molecule has 1 aliphatic carbocycles. The number of nitrogens with one attached hydrogen (secondary N) is 1. The lowest BCUT2D eigenvalue weighted by Gasteiger charge is -2.33. The van der Waals surface area contributed by atoms with Crippen molar-refractivity contribution in [3.05, 3.63) is 84.2 Å². The van der Waals surface area contributed by atoms with Gasteiger partial charge in [-0.05, 0) is 85.4 Å². The van der Waals surface area contributed by atoms with Gasteiger partial charge < -0.3 is 10.0 Å². The molecule has 0 spiro atoms. The van der Waals surface area contributed by atoms with E-state index in [1.54, 1.807) is 30.5 Å². The SMILES string of the molecule is O=C(O)CCc1ccc(-c2ccc(S(=O)(=O)NC3CCC(C(=O)N4CCCC4c4cccnc4)CC3)cc2)cc1. The van der Waals surface area contributed by atoms with Crippen LogP contribution in [0.3, 0.4) is 0 Å². The molecule has 1 aromatic heterocycles. The molecular formula is C31H35N3O5S. The molecule has 5 rings (SSSR count). The second-order valence-electron chi connectivity index (χ2n) is 10.8. The molecule has 210 valence electrons. The number of carboxylic acid groups (broad SMARTS) is 1. The predicted octanol–water partition coefficient (Wildman–Crippen LogP) is 4.97. The Balaban J connectivity index is 1.15. The topological polar surface area (TPSA) is 117 Å². The van der Waals surface area contributed by atoms with Gasteiger partial charge in [0.25, 0.3) is 0 Å². The Morgan fingerprint density at radius 2 is 1.60 bits per heavy atom. The third-order valence-electron chi connectivity index (χ3n) is 8.08. The predicted molar refractivity (Wildman–Crippen MR) is 152 cm³/mol. The molecule has 2 aromatic carbocycles. The van der Waals surface area contributed by atoms with Gasteiger partial charge in [-0.1, -0.05) is 42.5 Å². The first-order valence-electron chi connectivity index (χ1n) is 13.9. The molecule has 1 saturated carbocycles. The molecule has 1 amide bonds. The van der Waals surface area contributed by atoms with E-state index >= 15 is 0 Å². The number of sulfonamides is 1. The summed E-state index contributed by atoms with van der Waals surface area (Å²) in [6, 6.07) is 18.2. The van der Waals surface area contributed by atoms with Crippen LogP contribution in [0.5, 0.6) is 0 Å². The number of hydrogen-bond donors (Lipinski definition) is 2. The first-order valence-corrected chi connectivity index (χ1v) is 15.4. The summed E-state index contributed by atoms with van der Waals surface area (Å²) in [7, 11) is -3.69. The summed E-state index contributed by atoms with van der Waals surface area (Å²) in [5, 5.41) is 8.85. The average molecular weight is 562 g/mol. The number of rotatable bonds is 9. The Hall–Kier alpha value is -3.56. The van der Waals surface area contributed by atoms with Crippen molar-refractivity contribution < 1.29 is 23.1 Å². The molecule has 0 radical (unpaired) electrons. The molecule has 2 N–H and O–H groups in total. The summed E-state index contributed by atoms with van der Waals surface area (Å²) in [5.74, 6) is -0.723. The number of carbonyl (C=O) groups is 2. The zero-order valence-electron chi connectivity index (χ0n) is 22.4. The summed E-state index contributed by atoms with van der Waals surface area (Å²) >= 11 is 0. The molecule has 2 aliphatic rings. The van der Waals surface area contributed by atoms with Crippen molar-refractivity contribution in [1.82, 2.24) is 14.6 Å². The van der Waals surface area contributed by atoms with Crippen molar-refractivity contribution in [2.45, 2.75) is 68.3 Å². The van der Waals surface area contributed by atoms with Gasteiger partial charge in [-0.15, -0.1) is 0 Å². The molecule has 2 heterocycles. The van der Waals surface area contributed by atoms with E-state index in [2.05, 4.69) is 9.71 Å². The Bertz CT molecular complexity index is 1420. The van der Waals surface area contributed by atoms with Crippen LogP contribution < -0.4 is 4.72 Å². The van der Waals surface area contributed by atoms with Gasteiger partial charge in [0.15, 0.2) is 0 Å². The van der Waals surface area contributed by atoms with Crippen molar-refractivity contribution in [2.24, 2.45) is 5.92 Å². The van der Waals surface area contributed by atoms with Crippen LogP contribution in [0.4, 0.5) is 0 Å². The van der Waals surface area contributed by atoms with Gasteiger partial charge in [0.05, 0.1) is 10.9 Å². The van der Waals surface area contributed by atoms with Crippen molar-refractivity contribution >= 4 is 21.9 Å². The van der Waals surface area contributed by atoms with Crippen LogP contribution in [0.1, 0.15) is 62.1 Å². The zero-order chi connectivity index (χ0) is 28.1. The Morgan fingerprint density at radius 3 is 2.23 bits per heavy atom. The van der Waals surface area contributed by atoms with Crippen molar-refractivity contribution in [3.8, 4) is 11.1 Å². The van der Waals surface area contributed by atoms with Crippen molar-refractivity contribution in [1.29, 1.82) is 0 Å². The number of carbonyl (C=O) groups excluding carboxylic acids is 1. The number of amides is 1. The number of likely N-dealkylation sites (tertiary alicyclic amines) is 1. The van der Waals surface area contributed by atoms with E-state index in [0.29, 0.717) is 32.1 Å². The van der Waals surface area contributed by atoms with E-state index in [4.69, 9.17) is 5.11 Å². The molecule has 1 atom stereocenters.